The maximum absolute atomic E-state index is 11.8. The first kappa shape index (κ1) is 9.39. The summed E-state index contributed by atoms with van der Waals surface area (Å²) in [5, 5.41) is 0. The number of carbonyl (C=O) groups excluding carboxylic acids is 3. The molecule has 5 nitrogen and oxygen atoms in total. The van der Waals surface area contributed by atoms with Crippen molar-refractivity contribution >= 4 is 17.9 Å². The number of hydrogen-bond acceptors (Lipinski definition) is 5. The zero-order valence-electron chi connectivity index (χ0n) is 8.97. The Morgan fingerprint density at radius 3 is 2.59 bits per heavy atom. The smallest absolute Gasteiger partial charge is 0.318 e. The van der Waals surface area contributed by atoms with Crippen LogP contribution in [0.2, 0.25) is 0 Å². The third-order valence-corrected chi connectivity index (χ3v) is 4.45. The van der Waals surface area contributed by atoms with Crippen LogP contribution >= 0.6 is 0 Å². The Balaban J connectivity index is 1.84. The first-order valence-electron chi connectivity index (χ1n) is 5.81. The summed E-state index contributed by atoms with van der Waals surface area (Å²) >= 11 is 0. The van der Waals surface area contributed by atoms with Crippen molar-refractivity contribution in [1.82, 2.24) is 0 Å². The van der Waals surface area contributed by atoms with Gasteiger partial charge < -0.3 is 9.47 Å². The lowest BCUT2D eigenvalue weighted by Gasteiger charge is -2.26. The molecule has 2 heterocycles. The van der Waals surface area contributed by atoms with Crippen LogP contribution in [-0.4, -0.2) is 17.9 Å². The number of rotatable bonds is 0. The van der Waals surface area contributed by atoms with Crippen molar-refractivity contribution in [2.24, 2.45) is 23.2 Å². The summed E-state index contributed by atoms with van der Waals surface area (Å²) in [6.45, 7) is 0. The van der Waals surface area contributed by atoms with Gasteiger partial charge in [0.25, 0.3) is 0 Å². The number of fused-ring (bicyclic) bond motifs is 4. The second-order valence-electron chi connectivity index (χ2n) is 5.24. The molecule has 0 radical (unpaired) electrons. The Morgan fingerprint density at radius 2 is 1.88 bits per heavy atom. The van der Waals surface area contributed by atoms with Gasteiger partial charge in [0.15, 0.2) is 0 Å². The van der Waals surface area contributed by atoms with Gasteiger partial charge in [-0.05, 0) is 25.3 Å². The molecule has 17 heavy (non-hydrogen) atoms. The zero-order chi connectivity index (χ0) is 11.8. The van der Waals surface area contributed by atoms with Crippen LogP contribution in [0.15, 0.2) is 11.8 Å². The summed E-state index contributed by atoms with van der Waals surface area (Å²) < 4.78 is 9.93. The maximum atomic E-state index is 11.8. The van der Waals surface area contributed by atoms with E-state index in [0.717, 1.165) is 12.8 Å². The van der Waals surface area contributed by atoms with Crippen molar-refractivity contribution in [3.63, 3.8) is 0 Å². The SMILES string of the molecule is O=C1OC(=O)[C@H]2CC=C3OC(=O)C4(CC4)[C@H]3[C@@H]12. The van der Waals surface area contributed by atoms with E-state index in [2.05, 4.69) is 0 Å². The van der Waals surface area contributed by atoms with E-state index in [-0.39, 0.29) is 11.9 Å². The lowest BCUT2D eigenvalue weighted by atomic mass is 9.70. The third-order valence-electron chi connectivity index (χ3n) is 4.45. The van der Waals surface area contributed by atoms with Gasteiger partial charge >= 0.3 is 17.9 Å². The molecular formula is C12H10O5. The van der Waals surface area contributed by atoms with Gasteiger partial charge in [-0.1, -0.05) is 0 Å². The minimum atomic E-state index is -0.529. The van der Waals surface area contributed by atoms with Crippen LogP contribution in [-0.2, 0) is 23.9 Å². The van der Waals surface area contributed by atoms with Crippen LogP contribution < -0.4 is 0 Å². The molecule has 0 bridgehead atoms. The molecule has 2 aliphatic carbocycles. The number of esters is 3. The van der Waals surface area contributed by atoms with Crippen LogP contribution in [0, 0.1) is 23.2 Å². The lowest BCUT2D eigenvalue weighted by Crippen LogP contribution is -2.34. The second-order valence-corrected chi connectivity index (χ2v) is 5.24. The molecule has 88 valence electrons. The standard InChI is InChI=1S/C12H10O5/c13-9-5-1-2-6-8(7(5)10(14)17-9)12(3-4-12)11(15)16-6/h2,5,7-8H,1,3-4H2/t5-,7-,8+/m0/s1. The average Bonchev–Trinajstić information content (AvgIpc) is 2.96. The quantitative estimate of drug-likeness (QED) is 0.452. The fourth-order valence-corrected chi connectivity index (χ4v) is 3.42. The largest absolute Gasteiger partial charge is 0.431 e. The number of ether oxygens (including phenoxy) is 2. The van der Waals surface area contributed by atoms with Gasteiger partial charge in [-0.25, -0.2) is 0 Å². The molecule has 3 fully saturated rings. The van der Waals surface area contributed by atoms with Crippen LogP contribution in [0.4, 0.5) is 0 Å². The summed E-state index contributed by atoms with van der Waals surface area (Å²) in [6, 6.07) is 0. The van der Waals surface area contributed by atoms with Crippen molar-refractivity contribution in [1.29, 1.82) is 0 Å². The number of allylic oxidation sites excluding steroid dienone is 2. The molecule has 3 atom stereocenters. The molecule has 4 aliphatic rings. The third kappa shape index (κ3) is 0.936. The van der Waals surface area contributed by atoms with E-state index in [1.807, 2.05) is 0 Å². The lowest BCUT2D eigenvalue weighted by molar-refractivity contribution is -0.154. The molecule has 2 saturated heterocycles. The summed E-state index contributed by atoms with van der Waals surface area (Å²) in [4.78, 5) is 35.1. The molecule has 1 spiro atoms. The van der Waals surface area contributed by atoms with Gasteiger partial charge in [0.2, 0.25) is 0 Å². The van der Waals surface area contributed by atoms with Crippen molar-refractivity contribution in [2.75, 3.05) is 0 Å². The normalized spacial score (nSPS) is 40.6. The minimum Gasteiger partial charge on any atom is -0.431 e. The van der Waals surface area contributed by atoms with Gasteiger partial charge in [-0.2, -0.15) is 0 Å². The minimum absolute atomic E-state index is 0.235. The predicted molar refractivity (Wildman–Crippen MR) is 52.0 cm³/mol. The van der Waals surface area contributed by atoms with E-state index in [1.54, 1.807) is 6.08 Å². The summed E-state index contributed by atoms with van der Waals surface area (Å²) in [6.07, 6.45) is 3.71. The highest BCUT2D eigenvalue weighted by atomic mass is 16.6. The molecule has 0 N–H and O–H groups in total. The monoisotopic (exact) mass is 234 g/mol. The van der Waals surface area contributed by atoms with Crippen LogP contribution in [0.3, 0.4) is 0 Å². The van der Waals surface area contributed by atoms with Crippen molar-refractivity contribution in [2.45, 2.75) is 19.3 Å². The molecular weight excluding hydrogens is 224 g/mol. The Hall–Kier alpha value is -1.65. The van der Waals surface area contributed by atoms with E-state index in [9.17, 15) is 14.4 Å². The Labute approximate surface area is 96.8 Å². The van der Waals surface area contributed by atoms with Crippen LogP contribution in [0.25, 0.3) is 0 Å². The van der Waals surface area contributed by atoms with Crippen LogP contribution in [0.5, 0.6) is 0 Å². The van der Waals surface area contributed by atoms with Crippen molar-refractivity contribution in [3.8, 4) is 0 Å². The Bertz CT molecular complexity index is 499. The highest BCUT2D eigenvalue weighted by molar-refractivity contribution is 5.98. The number of cyclic esters (lactones) is 2. The first-order valence-corrected chi connectivity index (χ1v) is 5.81. The van der Waals surface area contributed by atoms with Gasteiger partial charge in [-0.15, -0.1) is 0 Å². The Kier molecular flexibility index (Phi) is 1.44. The fourth-order valence-electron chi connectivity index (χ4n) is 3.42. The second kappa shape index (κ2) is 2.60. The van der Waals surface area contributed by atoms with E-state index in [1.165, 1.54) is 0 Å². The molecule has 4 rings (SSSR count). The highest BCUT2D eigenvalue weighted by Crippen LogP contribution is 2.65. The zero-order valence-corrected chi connectivity index (χ0v) is 8.97. The van der Waals surface area contributed by atoms with Gasteiger partial charge in [0.05, 0.1) is 17.3 Å². The van der Waals surface area contributed by atoms with E-state index in [0.29, 0.717) is 12.2 Å². The van der Waals surface area contributed by atoms with E-state index < -0.39 is 29.2 Å². The first-order chi connectivity index (χ1) is 8.13. The fraction of sp³-hybridized carbons (Fsp3) is 0.583. The summed E-state index contributed by atoms with van der Waals surface area (Å²) in [7, 11) is 0. The topological polar surface area (TPSA) is 69.7 Å². The highest BCUT2D eigenvalue weighted by Gasteiger charge is 2.70. The van der Waals surface area contributed by atoms with E-state index >= 15 is 0 Å². The van der Waals surface area contributed by atoms with Crippen LogP contribution in [0.1, 0.15) is 19.3 Å². The van der Waals surface area contributed by atoms with Gasteiger partial charge in [0.1, 0.15) is 5.76 Å². The maximum Gasteiger partial charge on any atom is 0.318 e. The van der Waals surface area contributed by atoms with Gasteiger partial charge in [-0.3, -0.25) is 14.4 Å². The number of hydrogen-bond donors (Lipinski definition) is 0. The number of carbonyl (C=O) groups is 3. The van der Waals surface area contributed by atoms with E-state index in [4.69, 9.17) is 9.47 Å². The molecule has 5 heteroatoms. The summed E-state index contributed by atoms with van der Waals surface area (Å²) in [5.41, 5.74) is -0.529. The molecule has 1 saturated carbocycles. The Morgan fingerprint density at radius 1 is 1.12 bits per heavy atom. The average molecular weight is 234 g/mol. The molecule has 0 amide bonds. The van der Waals surface area contributed by atoms with Crippen molar-refractivity contribution in [3.05, 3.63) is 11.8 Å². The molecule has 0 aromatic rings. The summed E-state index contributed by atoms with van der Waals surface area (Å²) in [5.74, 6) is -1.76. The van der Waals surface area contributed by atoms with Gasteiger partial charge in [0, 0.05) is 5.92 Å². The molecule has 2 aliphatic heterocycles. The molecule has 0 unspecified atom stereocenters. The molecule has 0 aromatic heterocycles. The van der Waals surface area contributed by atoms with Crippen molar-refractivity contribution < 1.29 is 23.9 Å². The predicted octanol–water partition coefficient (Wildman–Crippen LogP) is 0.543. The molecule has 0 aromatic carbocycles.